The molecule has 0 amide bonds. The first-order valence-corrected chi connectivity index (χ1v) is 6.61. The number of hydrogen-bond donors (Lipinski definition) is 1. The van der Waals surface area contributed by atoms with E-state index in [4.69, 9.17) is 15.2 Å². The first-order valence-electron chi connectivity index (χ1n) is 5.82. The van der Waals surface area contributed by atoms with E-state index in [1.54, 1.807) is 14.2 Å². The van der Waals surface area contributed by atoms with Gasteiger partial charge in [0.25, 0.3) is 0 Å². The largest absolute Gasteiger partial charge is 0.495 e. The molecule has 0 fully saturated rings. The van der Waals surface area contributed by atoms with Crippen molar-refractivity contribution in [2.75, 3.05) is 34.9 Å². The second-order valence-electron chi connectivity index (χ2n) is 4.40. The van der Waals surface area contributed by atoms with Crippen LogP contribution in [0.25, 0.3) is 0 Å². The fourth-order valence-corrected chi connectivity index (χ4v) is 2.45. The van der Waals surface area contributed by atoms with Gasteiger partial charge in [-0.05, 0) is 55.1 Å². The second kappa shape index (κ2) is 6.97. The molecular weight excluding hydrogens is 296 g/mol. The van der Waals surface area contributed by atoms with Gasteiger partial charge in [0.05, 0.1) is 14.2 Å². The van der Waals surface area contributed by atoms with Gasteiger partial charge in [0.2, 0.25) is 0 Å². The molecule has 2 N–H and O–H groups in total. The van der Waals surface area contributed by atoms with Crippen LogP contribution in [0, 0.1) is 0 Å². The molecule has 0 heterocycles. The number of rotatable bonds is 6. The fraction of sp³-hybridized carbons (Fsp3) is 0.538. The summed E-state index contributed by atoms with van der Waals surface area (Å²) in [7, 11) is 7.34. The molecule has 0 bridgehead atoms. The average molecular weight is 317 g/mol. The molecule has 18 heavy (non-hydrogen) atoms. The van der Waals surface area contributed by atoms with Gasteiger partial charge in [-0.25, -0.2) is 0 Å². The smallest absolute Gasteiger partial charge is 0.141 e. The van der Waals surface area contributed by atoms with Crippen LogP contribution in [-0.4, -0.2) is 39.8 Å². The van der Waals surface area contributed by atoms with Crippen LogP contribution in [0.4, 0.5) is 0 Å². The van der Waals surface area contributed by atoms with Crippen LogP contribution in [0.2, 0.25) is 0 Å². The minimum absolute atomic E-state index is 0.0513. The Balaban J connectivity index is 2.97. The summed E-state index contributed by atoms with van der Waals surface area (Å²) in [6, 6.07) is 3.81. The summed E-state index contributed by atoms with van der Waals surface area (Å²) < 4.78 is 11.5. The Hall–Kier alpha value is -0.780. The van der Waals surface area contributed by atoms with Crippen LogP contribution in [0.1, 0.15) is 18.0 Å². The standard InChI is InChI=1S/C13H21BrN2O2/c1-16(2)8-7-10(15)9-5-6-11(17-3)12(14)13(9)18-4/h5-6,10H,7-8,15H2,1-4H3. The van der Waals surface area contributed by atoms with E-state index in [0.29, 0.717) is 0 Å². The van der Waals surface area contributed by atoms with Crippen LogP contribution in [0.5, 0.6) is 11.5 Å². The third kappa shape index (κ3) is 3.60. The van der Waals surface area contributed by atoms with E-state index < -0.39 is 0 Å². The van der Waals surface area contributed by atoms with Crippen molar-refractivity contribution < 1.29 is 9.47 Å². The Labute approximate surface area is 117 Å². The van der Waals surface area contributed by atoms with E-state index in [1.165, 1.54) is 0 Å². The third-order valence-corrected chi connectivity index (χ3v) is 3.55. The maximum Gasteiger partial charge on any atom is 0.141 e. The molecule has 5 heteroatoms. The Morgan fingerprint density at radius 2 is 1.94 bits per heavy atom. The van der Waals surface area contributed by atoms with Gasteiger partial charge >= 0.3 is 0 Å². The second-order valence-corrected chi connectivity index (χ2v) is 5.20. The van der Waals surface area contributed by atoms with Crippen LogP contribution >= 0.6 is 15.9 Å². The maximum atomic E-state index is 6.21. The highest BCUT2D eigenvalue weighted by atomic mass is 79.9. The highest BCUT2D eigenvalue weighted by Gasteiger charge is 2.17. The molecule has 1 aromatic rings. The SMILES string of the molecule is COc1ccc(C(N)CCN(C)C)c(OC)c1Br. The summed E-state index contributed by atoms with van der Waals surface area (Å²) >= 11 is 3.48. The summed E-state index contributed by atoms with van der Waals surface area (Å²) in [5.74, 6) is 1.50. The van der Waals surface area contributed by atoms with Crippen LogP contribution < -0.4 is 15.2 Å². The van der Waals surface area contributed by atoms with E-state index in [-0.39, 0.29) is 6.04 Å². The Kier molecular flexibility index (Phi) is 5.91. The molecule has 0 aliphatic carbocycles. The molecule has 1 unspecified atom stereocenters. The topological polar surface area (TPSA) is 47.7 Å². The van der Waals surface area contributed by atoms with Crippen molar-refractivity contribution in [3.63, 3.8) is 0 Å². The average Bonchev–Trinajstić information content (AvgIpc) is 2.35. The maximum absolute atomic E-state index is 6.21. The lowest BCUT2D eigenvalue weighted by molar-refractivity contribution is 0.366. The summed E-state index contributed by atoms with van der Waals surface area (Å²) in [6.45, 7) is 0.938. The molecule has 0 aliphatic rings. The summed E-state index contributed by atoms with van der Waals surface area (Å²) in [6.07, 6.45) is 0.877. The number of halogens is 1. The van der Waals surface area contributed by atoms with Gasteiger partial charge < -0.3 is 20.1 Å². The quantitative estimate of drug-likeness (QED) is 0.875. The number of ether oxygens (including phenoxy) is 2. The monoisotopic (exact) mass is 316 g/mol. The highest BCUT2D eigenvalue weighted by molar-refractivity contribution is 9.10. The van der Waals surface area contributed by atoms with Crippen LogP contribution in [0.3, 0.4) is 0 Å². The van der Waals surface area contributed by atoms with Crippen molar-refractivity contribution >= 4 is 15.9 Å². The molecule has 1 aromatic carbocycles. The highest BCUT2D eigenvalue weighted by Crippen LogP contribution is 2.39. The molecule has 0 aromatic heterocycles. The van der Waals surface area contributed by atoms with E-state index in [2.05, 4.69) is 20.8 Å². The van der Waals surface area contributed by atoms with Gasteiger partial charge in [-0.15, -0.1) is 0 Å². The number of nitrogens with zero attached hydrogens (tertiary/aromatic N) is 1. The lowest BCUT2D eigenvalue weighted by atomic mass is 10.0. The summed E-state index contributed by atoms with van der Waals surface area (Å²) in [5, 5.41) is 0. The normalized spacial score (nSPS) is 12.6. The van der Waals surface area contributed by atoms with Gasteiger partial charge in [-0.2, -0.15) is 0 Å². The molecule has 1 atom stereocenters. The van der Waals surface area contributed by atoms with Crippen molar-refractivity contribution in [1.29, 1.82) is 0 Å². The molecule has 0 saturated heterocycles. The molecule has 0 spiro atoms. The van der Waals surface area contributed by atoms with Crippen molar-refractivity contribution in [1.82, 2.24) is 4.90 Å². The molecular formula is C13H21BrN2O2. The van der Waals surface area contributed by atoms with Gasteiger partial charge in [-0.3, -0.25) is 0 Å². The van der Waals surface area contributed by atoms with Gasteiger partial charge in [0.15, 0.2) is 0 Å². The minimum atomic E-state index is -0.0513. The summed E-state index contributed by atoms with van der Waals surface area (Å²) in [4.78, 5) is 2.12. The van der Waals surface area contributed by atoms with Crippen molar-refractivity contribution in [2.24, 2.45) is 5.73 Å². The van der Waals surface area contributed by atoms with Crippen molar-refractivity contribution in [3.05, 3.63) is 22.2 Å². The Bertz CT molecular complexity index is 397. The molecule has 102 valence electrons. The number of methoxy groups -OCH3 is 2. The van der Waals surface area contributed by atoms with E-state index in [1.807, 2.05) is 26.2 Å². The number of nitrogens with two attached hydrogens (primary N) is 1. The molecule has 4 nitrogen and oxygen atoms in total. The zero-order chi connectivity index (χ0) is 13.7. The zero-order valence-electron chi connectivity index (χ0n) is 11.4. The predicted molar refractivity (Wildman–Crippen MR) is 77.3 cm³/mol. The Morgan fingerprint density at radius 3 is 2.44 bits per heavy atom. The van der Waals surface area contributed by atoms with E-state index >= 15 is 0 Å². The molecule has 0 aliphatic heterocycles. The lowest BCUT2D eigenvalue weighted by Crippen LogP contribution is -2.20. The van der Waals surface area contributed by atoms with Crippen LogP contribution in [-0.2, 0) is 0 Å². The fourth-order valence-electron chi connectivity index (χ4n) is 1.76. The molecule has 0 radical (unpaired) electrons. The Morgan fingerprint density at radius 1 is 1.28 bits per heavy atom. The third-order valence-electron chi connectivity index (χ3n) is 2.80. The summed E-state index contributed by atoms with van der Waals surface area (Å²) in [5.41, 5.74) is 7.20. The first kappa shape index (κ1) is 15.3. The molecule has 0 saturated carbocycles. The van der Waals surface area contributed by atoms with Crippen molar-refractivity contribution in [2.45, 2.75) is 12.5 Å². The van der Waals surface area contributed by atoms with E-state index in [0.717, 1.165) is 34.5 Å². The van der Waals surface area contributed by atoms with Gasteiger partial charge in [0.1, 0.15) is 16.0 Å². The lowest BCUT2D eigenvalue weighted by Gasteiger charge is -2.19. The van der Waals surface area contributed by atoms with Crippen molar-refractivity contribution in [3.8, 4) is 11.5 Å². The van der Waals surface area contributed by atoms with E-state index in [9.17, 15) is 0 Å². The van der Waals surface area contributed by atoms with Gasteiger partial charge in [-0.1, -0.05) is 0 Å². The van der Waals surface area contributed by atoms with Crippen LogP contribution in [0.15, 0.2) is 16.6 Å². The minimum Gasteiger partial charge on any atom is -0.495 e. The number of benzene rings is 1. The zero-order valence-corrected chi connectivity index (χ0v) is 13.0. The van der Waals surface area contributed by atoms with Gasteiger partial charge in [0, 0.05) is 11.6 Å². The predicted octanol–water partition coefficient (Wildman–Crippen LogP) is 2.42. The number of hydrogen-bond acceptors (Lipinski definition) is 4. The molecule has 1 rings (SSSR count). The first-order chi connectivity index (χ1) is 8.51.